The lowest BCUT2D eigenvalue weighted by atomic mass is 9.80. The van der Waals surface area contributed by atoms with Crippen LogP contribution in [-0.2, 0) is 12.1 Å². The van der Waals surface area contributed by atoms with Crippen LogP contribution in [0.25, 0.3) is 11.2 Å². The van der Waals surface area contributed by atoms with Crippen LogP contribution in [0.15, 0.2) is 0 Å². The minimum Gasteiger partial charge on any atom is -0.374 e. The van der Waals surface area contributed by atoms with Gasteiger partial charge in [0.25, 0.3) is 0 Å². The smallest absolute Gasteiger partial charge is 0.374 e. The third kappa shape index (κ3) is 4.52. The normalized spacial score (nSPS) is 24.7. The highest BCUT2D eigenvalue weighted by molar-refractivity contribution is 5.84. The second-order valence-corrected chi connectivity index (χ2v) is 10.0. The summed E-state index contributed by atoms with van der Waals surface area (Å²) in [5.41, 5.74) is -2.86. The van der Waals surface area contributed by atoms with Gasteiger partial charge >= 0.3 is 6.18 Å². The van der Waals surface area contributed by atoms with Gasteiger partial charge in [0, 0.05) is 12.6 Å². The molecule has 2 aromatic rings. The van der Waals surface area contributed by atoms with Crippen molar-refractivity contribution in [2.75, 3.05) is 5.32 Å². The van der Waals surface area contributed by atoms with Crippen LogP contribution in [0.3, 0.4) is 0 Å². The fraction of sp³-hybridized carbons (Fsp3) is 0.739. The molecule has 33 heavy (non-hydrogen) atoms. The lowest BCUT2D eigenvalue weighted by molar-refractivity contribution is -0.262. The molecule has 180 valence electrons. The molecule has 0 amide bonds. The number of aliphatic hydroxyl groups is 1. The average Bonchev–Trinajstić information content (AvgIpc) is 3.06. The van der Waals surface area contributed by atoms with Crippen LogP contribution in [0, 0.1) is 29.1 Å². The zero-order chi connectivity index (χ0) is 24.0. The first kappa shape index (κ1) is 23.7. The average molecular weight is 465 g/mol. The third-order valence-corrected chi connectivity index (χ3v) is 7.49. The standard InChI is InChI=1S/C23H31F3N6O/c1-13-7-9-15(10-8-13)12-32-18-19(28-14(2)16-5-4-6-16)29-17(11-27)30-20(18)31-21(32)22(3,33)23(24,25)26/h13-16,33H,4-10,12H2,1-3H3,(H,28,29,30)/t13?,14-,15?,22?/m1/s1. The largest absolute Gasteiger partial charge is 0.424 e. The van der Waals surface area contributed by atoms with Gasteiger partial charge in [-0.3, -0.25) is 0 Å². The first-order valence-corrected chi connectivity index (χ1v) is 11.8. The van der Waals surface area contributed by atoms with E-state index in [1.165, 1.54) is 4.57 Å². The number of nitrogens with one attached hydrogen (secondary N) is 1. The van der Waals surface area contributed by atoms with Gasteiger partial charge < -0.3 is 15.0 Å². The fourth-order valence-corrected chi connectivity index (χ4v) is 4.91. The Morgan fingerprint density at radius 2 is 1.82 bits per heavy atom. The molecule has 0 aromatic carbocycles. The van der Waals surface area contributed by atoms with Gasteiger partial charge in [0.05, 0.1) is 0 Å². The third-order valence-electron chi connectivity index (χ3n) is 7.49. The van der Waals surface area contributed by atoms with Gasteiger partial charge in [0.2, 0.25) is 11.4 Å². The molecule has 1 unspecified atom stereocenters. The van der Waals surface area contributed by atoms with E-state index in [0.29, 0.717) is 23.2 Å². The van der Waals surface area contributed by atoms with Gasteiger partial charge in [-0.1, -0.05) is 26.2 Å². The van der Waals surface area contributed by atoms with E-state index in [-0.39, 0.29) is 30.0 Å². The number of aromatic nitrogens is 4. The minimum absolute atomic E-state index is 0.00596. The number of nitrogens with zero attached hydrogens (tertiary/aromatic N) is 5. The summed E-state index contributed by atoms with van der Waals surface area (Å²) in [6.45, 7) is 5.20. The lowest BCUT2D eigenvalue weighted by Gasteiger charge is -2.33. The molecule has 2 fully saturated rings. The summed E-state index contributed by atoms with van der Waals surface area (Å²) in [7, 11) is 0. The molecule has 2 aromatic heterocycles. The summed E-state index contributed by atoms with van der Waals surface area (Å²) < 4.78 is 43.0. The highest BCUT2D eigenvalue weighted by atomic mass is 19.4. The fourth-order valence-electron chi connectivity index (χ4n) is 4.91. The molecule has 2 aliphatic rings. The SMILES string of the molecule is CC1CCC(Cn2c(C(C)(O)C(F)(F)F)nc3nc(C#N)nc(N[C@H](C)C4CCC4)c32)CC1. The Morgan fingerprint density at radius 3 is 2.36 bits per heavy atom. The van der Waals surface area contributed by atoms with Gasteiger partial charge in [-0.2, -0.15) is 28.4 Å². The Balaban J connectivity index is 1.85. The Kier molecular flexibility index (Phi) is 6.29. The Morgan fingerprint density at radius 1 is 1.15 bits per heavy atom. The summed E-state index contributed by atoms with van der Waals surface area (Å²) in [4.78, 5) is 12.6. The molecular weight excluding hydrogens is 433 g/mol. The van der Waals surface area contributed by atoms with Gasteiger partial charge in [-0.15, -0.1) is 0 Å². The maximum absolute atomic E-state index is 13.9. The molecule has 10 heteroatoms. The van der Waals surface area contributed by atoms with E-state index in [1.54, 1.807) is 0 Å². The van der Waals surface area contributed by atoms with Gasteiger partial charge in [-0.25, -0.2) is 4.98 Å². The first-order chi connectivity index (χ1) is 15.5. The lowest BCUT2D eigenvalue weighted by Crippen LogP contribution is -2.42. The molecule has 2 N–H and O–H groups in total. The summed E-state index contributed by atoms with van der Waals surface area (Å²) in [5, 5.41) is 23.3. The van der Waals surface area contributed by atoms with Crippen molar-refractivity contribution in [2.45, 2.75) is 90.1 Å². The summed E-state index contributed by atoms with van der Waals surface area (Å²) in [5.74, 6) is 0.827. The molecule has 4 rings (SSSR count). The van der Waals surface area contributed by atoms with Crippen molar-refractivity contribution in [3.05, 3.63) is 11.6 Å². The van der Waals surface area contributed by atoms with Crippen LogP contribution in [0.4, 0.5) is 19.0 Å². The van der Waals surface area contributed by atoms with Crippen molar-refractivity contribution in [3.8, 4) is 6.07 Å². The number of halogens is 3. The highest BCUT2D eigenvalue weighted by Gasteiger charge is 2.54. The Bertz CT molecular complexity index is 1050. The minimum atomic E-state index is -4.93. The summed E-state index contributed by atoms with van der Waals surface area (Å²) >= 11 is 0. The number of nitriles is 1. The van der Waals surface area contributed by atoms with Crippen molar-refractivity contribution in [1.82, 2.24) is 19.5 Å². The second-order valence-electron chi connectivity index (χ2n) is 10.0. The summed E-state index contributed by atoms with van der Waals surface area (Å²) in [6.07, 6.45) is 2.19. The predicted molar refractivity (Wildman–Crippen MR) is 117 cm³/mol. The number of anilines is 1. The molecule has 0 spiro atoms. The zero-order valence-corrected chi connectivity index (χ0v) is 19.3. The van der Waals surface area contributed by atoms with E-state index in [0.717, 1.165) is 51.9 Å². The van der Waals surface area contributed by atoms with E-state index in [2.05, 4.69) is 27.2 Å². The quantitative estimate of drug-likeness (QED) is 0.631. The molecule has 2 heterocycles. The van der Waals surface area contributed by atoms with Crippen molar-refractivity contribution < 1.29 is 18.3 Å². The molecule has 7 nitrogen and oxygen atoms in total. The second kappa shape index (κ2) is 8.75. The molecule has 2 atom stereocenters. The van der Waals surface area contributed by atoms with Crippen molar-refractivity contribution in [3.63, 3.8) is 0 Å². The van der Waals surface area contributed by atoms with Gasteiger partial charge in [-0.05, 0) is 57.3 Å². The number of hydrogen-bond donors (Lipinski definition) is 2. The molecule has 2 saturated carbocycles. The van der Waals surface area contributed by atoms with E-state index in [1.807, 2.05) is 13.0 Å². The van der Waals surface area contributed by atoms with E-state index in [9.17, 15) is 23.5 Å². The zero-order valence-electron chi connectivity index (χ0n) is 19.3. The molecule has 0 radical (unpaired) electrons. The van der Waals surface area contributed by atoms with E-state index >= 15 is 0 Å². The van der Waals surface area contributed by atoms with Crippen LogP contribution >= 0.6 is 0 Å². The molecular formula is C23H31F3N6O. The molecule has 0 aliphatic heterocycles. The number of fused-ring (bicyclic) bond motifs is 1. The van der Waals surface area contributed by atoms with Crippen LogP contribution < -0.4 is 5.32 Å². The highest BCUT2D eigenvalue weighted by Crippen LogP contribution is 2.41. The predicted octanol–water partition coefficient (Wildman–Crippen LogP) is 4.89. The van der Waals surface area contributed by atoms with Crippen LogP contribution in [0.5, 0.6) is 0 Å². The Labute approximate surface area is 191 Å². The van der Waals surface area contributed by atoms with E-state index in [4.69, 9.17) is 0 Å². The Hall–Kier alpha value is -2.41. The van der Waals surface area contributed by atoms with Crippen molar-refractivity contribution in [2.24, 2.45) is 17.8 Å². The van der Waals surface area contributed by atoms with Crippen LogP contribution in [0.1, 0.15) is 77.4 Å². The van der Waals surface area contributed by atoms with Crippen molar-refractivity contribution in [1.29, 1.82) is 5.26 Å². The number of alkyl halides is 3. The van der Waals surface area contributed by atoms with Crippen molar-refractivity contribution >= 4 is 17.0 Å². The van der Waals surface area contributed by atoms with E-state index < -0.39 is 17.6 Å². The maximum Gasteiger partial charge on any atom is 0.424 e. The molecule has 0 saturated heterocycles. The van der Waals surface area contributed by atoms with Gasteiger partial charge in [0.1, 0.15) is 11.6 Å². The number of hydrogen-bond acceptors (Lipinski definition) is 6. The molecule has 2 aliphatic carbocycles. The van der Waals surface area contributed by atoms with Crippen LogP contribution in [-0.4, -0.2) is 36.8 Å². The van der Waals surface area contributed by atoms with Gasteiger partial charge in [0.15, 0.2) is 17.3 Å². The topological polar surface area (TPSA) is 99.6 Å². The maximum atomic E-state index is 13.9. The first-order valence-electron chi connectivity index (χ1n) is 11.8. The van der Waals surface area contributed by atoms with Crippen LogP contribution in [0.2, 0.25) is 0 Å². The summed E-state index contributed by atoms with van der Waals surface area (Å²) in [6, 6.07) is 1.91. The number of imidazole rings is 1. The molecule has 0 bridgehead atoms. The number of rotatable bonds is 6. The monoisotopic (exact) mass is 464 g/mol.